The second-order valence-corrected chi connectivity index (χ2v) is 11.2. The van der Waals surface area contributed by atoms with Gasteiger partial charge in [-0.1, -0.05) is 19.1 Å². The minimum Gasteiger partial charge on any atom is -0.344 e. The van der Waals surface area contributed by atoms with Gasteiger partial charge in [0.05, 0.1) is 5.52 Å². The topological polar surface area (TPSA) is 85.7 Å². The van der Waals surface area contributed by atoms with Crippen molar-refractivity contribution in [3.8, 4) is 0 Å². The molecule has 0 spiro atoms. The van der Waals surface area contributed by atoms with Crippen molar-refractivity contribution >= 4 is 40.0 Å². The third-order valence-electron chi connectivity index (χ3n) is 8.56. The fraction of sp³-hybridized carbons (Fsp3) is 0.364. The Morgan fingerprint density at radius 1 is 1.00 bits per heavy atom. The third kappa shape index (κ3) is 5.89. The van der Waals surface area contributed by atoms with Gasteiger partial charge in [0, 0.05) is 86.1 Å². The maximum atomic E-state index is 13.1. The number of hydrogen-bond acceptors (Lipinski definition) is 6. The highest BCUT2D eigenvalue weighted by atomic mass is 16.2. The number of aromatic nitrogens is 2. The number of pyridine rings is 1. The smallest absolute Gasteiger partial charge is 0.325 e. The first-order chi connectivity index (χ1) is 20.2. The van der Waals surface area contributed by atoms with Crippen LogP contribution in [0.15, 0.2) is 73.1 Å². The number of nitrogens with zero attached hydrogens (tertiary/aromatic N) is 5. The number of nitrogens with one attached hydrogen (secondary N) is 2. The first-order valence-electron chi connectivity index (χ1n) is 14.6. The van der Waals surface area contributed by atoms with Crippen LogP contribution in [0.5, 0.6) is 0 Å². The molecule has 2 N–H and O–H groups in total. The van der Waals surface area contributed by atoms with Gasteiger partial charge in [-0.2, -0.15) is 0 Å². The highest BCUT2D eigenvalue weighted by molar-refractivity contribution is 6.04. The predicted octanol–water partition coefficient (Wildman–Crippen LogP) is 5.72. The van der Waals surface area contributed by atoms with E-state index in [2.05, 4.69) is 65.2 Å². The van der Waals surface area contributed by atoms with Gasteiger partial charge in [-0.05, 0) is 75.3 Å². The predicted molar refractivity (Wildman–Crippen MR) is 170 cm³/mol. The molecular weight excluding hydrogens is 526 g/mol. The molecule has 9 heteroatoms. The molecule has 1 unspecified atom stereocenters. The highest BCUT2D eigenvalue weighted by Gasteiger charge is 2.31. The zero-order valence-electron chi connectivity index (χ0n) is 25.3. The van der Waals surface area contributed by atoms with Crippen LogP contribution in [-0.2, 0) is 0 Å². The van der Waals surface area contributed by atoms with E-state index in [0.717, 1.165) is 41.9 Å². The number of carbonyl (C=O) groups is 2. The van der Waals surface area contributed by atoms with E-state index in [0.29, 0.717) is 23.5 Å². The molecule has 2 aromatic heterocycles. The number of rotatable bonds is 7. The Morgan fingerprint density at radius 3 is 2.36 bits per heavy atom. The maximum Gasteiger partial charge on any atom is 0.325 e. The Kier molecular flexibility index (Phi) is 8.61. The third-order valence-corrected chi connectivity index (χ3v) is 8.56. The van der Waals surface area contributed by atoms with Crippen LogP contribution < -0.4 is 15.5 Å². The van der Waals surface area contributed by atoms with E-state index >= 15 is 0 Å². The molecule has 2 aromatic carbocycles. The van der Waals surface area contributed by atoms with E-state index < -0.39 is 0 Å². The first kappa shape index (κ1) is 29.3. The molecule has 0 saturated carbocycles. The normalized spacial score (nSPS) is 18.5. The van der Waals surface area contributed by atoms with E-state index in [4.69, 9.17) is 0 Å². The van der Waals surface area contributed by atoms with E-state index in [1.165, 1.54) is 5.56 Å². The fourth-order valence-electron chi connectivity index (χ4n) is 6.13. The molecule has 0 bridgehead atoms. The van der Waals surface area contributed by atoms with Gasteiger partial charge in [-0.25, -0.2) is 9.78 Å². The minimum atomic E-state index is -0.197. The number of carbonyl (C=O) groups excluding carboxylic acids is 2. The standard InChI is InChI=1S/C33H41N7O2/c1-7-39-22(2)20-38(21-23(39)3)24(4)25-8-10-26(11-9-25)32(41)36-31-19-29(14-16-35-31)37(6)28-12-13-30-27(18-28)15-17-40(30)33(42)34-5/h8-19,22-24H,7,20-21H2,1-6H3,(H,34,42)(H,35,36,41)/t22-,23+,24?. The molecule has 3 atom stereocenters. The van der Waals surface area contributed by atoms with Gasteiger partial charge in [0.15, 0.2) is 0 Å². The molecule has 1 aliphatic rings. The van der Waals surface area contributed by atoms with Gasteiger partial charge in [0.25, 0.3) is 5.91 Å². The van der Waals surface area contributed by atoms with Crippen molar-refractivity contribution in [2.24, 2.45) is 0 Å². The highest BCUT2D eigenvalue weighted by Crippen LogP contribution is 2.29. The van der Waals surface area contributed by atoms with Gasteiger partial charge < -0.3 is 15.5 Å². The molecular formula is C33H41N7O2. The molecule has 9 nitrogen and oxygen atoms in total. The number of amides is 2. The van der Waals surface area contributed by atoms with Crippen molar-refractivity contribution in [2.45, 2.75) is 45.8 Å². The number of benzene rings is 2. The summed E-state index contributed by atoms with van der Waals surface area (Å²) in [6.45, 7) is 12.2. The van der Waals surface area contributed by atoms with E-state index in [1.807, 2.05) is 60.5 Å². The molecule has 5 rings (SSSR count). The Morgan fingerprint density at radius 2 is 1.69 bits per heavy atom. The van der Waals surface area contributed by atoms with Crippen molar-refractivity contribution < 1.29 is 9.59 Å². The van der Waals surface area contributed by atoms with Gasteiger partial charge in [0.1, 0.15) is 5.82 Å². The minimum absolute atomic E-state index is 0.181. The largest absolute Gasteiger partial charge is 0.344 e. The van der Waals surface area contributed by atoms with Crippen LogP contribution in [0.3, 0.4) is 0 Å². The number of piperazine rings is 1. The lowest BCUT2D eigenvalue weighted by Crippen LogP contribution is -2.56. The first-order valence-corrected chi connectivity index (χ1v) is 14.6. The Hall–Kier alpha value is -4.21. The Balaban J connectivity index is 1.25. The number of fused-ring (bicyclic) bond motifs is 1. The molecule has 42 heavy (non-hydrogen) atoms. The van der Waals surface area contributed by atoms with Crippen molar-refractivity contribution in [3.63, 3.8) is 0 Å². The Bertz CT molecular complexity index is 1550. The lowest BCUT2D eigenvalue weighted by molar-refractivity contribution is 0.0233. The molecule has 220 valence electrons. The molecule has 4 aromatic rings. The zero-order chi connectivity index (χ0) is 30.0. The summed E-state index contributed by atoms with van der Waals surface area (Å²) in [7, 11) is 3.57. The van der Waals surface area contributed by atoms with Crippen LogP contribution in [0.4, 0.5) is 22.0 Å². The van der Waals surface area contributed by atoms with Crippen molar-refractivity contribution in [1.29, 1.82) is 0 Å². The fourth-order valence-corrected chi connectivity index (χ4v) is 6.13. The van der Waals surface area contributed by atoms with Crippen molar-refractivity contribution in [2.75, 3.05) is 43.9 Å². The van der Waals surface area contributed by atoms with Crippen molar-refractivity contribution in [3.05, 3.63) is 84.2 Å². The van der Waals surface area contributed by atoms with Gasteiger partial charge >= 0.3 is 6.03 Å². The molecule has 1 fully saturated rings. The molecule has 2 amide bonds. The summed E-state index contributed by atoms with van der Waals surface area (Å²) in [5, 5.41) is 6.56. The summed E-state index contributed by atoms with van der Waals surface area (Å²) in [6.07, 6.45) is 3.45. The second kappa shape index (κ2) is 12.3. The van der Waals surface area contributed by atoms with Crippen LogP contribution in [-0.4, -0.2) is 77.1 Å². The maximum absolute atomic E-state index is 13.1. The monoisotopic (exact) mass is 567 g/mol. The SMILES string of the molecule is CCN1[C@H](C)CN(C(C)c2ccc(C(=O)Nc3cc(N(C)c4ccc5c(ccn5C(=O)NC)c4)ccn3)cc2)C[C@@H]1C. The molecule has 1 aliphatic heterocycles. The van der Waals surface area contributed by atoms with E-state index in [1.54, 1.807) is 24.0 Å². The van der Waals surface area contributed by atoms with Gasteiger partial charge in [-0.15, -0.1) is 0 Å². The zero-order valence-corrected chi connectivity index (χ0v) is 25.3. The lowest BCUT2D eigenvalue weighted by Gasteiger charge is -2.46. The average molecular weight is 568 g/mol. The van der Waals surface area contributed by atoms with Gasteiger partial charge in [-0.3, -0.25) is 19.2 Å². The second-order valence-electron chi connectivity index (χ2n) is 11.2. The number of hydrogen-bond donors (Lipinski definition) is 2. The van der Waals surface area contributed by atoms with Crippen LogP contribution in [0.1, 0.15) is 49.7 Å². The van der Waals surface area contributed by atoms with E-state index in [-0.39, 0.29) is 18.0 Å². The number of anilines is 3. The summed E-state index contributed by atoms with van der Waals surface area (Å²) in [5.74, 6) is 0.280. The molecule has 0 aliphatic carbocycles. The summed E-state index contributed by atoms with van der Waals surface area (Å²) < 4.78 is 1.58. The summed E-state index contributed by atoms with van der Waals surface area (Å²) in [4.78, 5) is 36.7. The molecule has 3 heterocycles. The Labute approximate surface area is 248 Å². The van der Waals surface area contributed by atoms with Crippen LogP contribution in [0.2, 0.25) is 0 Å². The number of likely N-dealkylation sites (N-methyl/N-ethyl adjacent to an activating group) is 1. The molecule has 1 saturated heterocycles. The van der Waals surface area contributed by atoms with Crippen LogP contribution in [0.25, 0.3) is 10.9 Å². The summed E-state index contributed by atoms with van der Waals surface area (Å²) in [6, 6.07) is 20.6. The summed E-state index contributed by atoms with van der Waals surface area (Å²) >= 11 is 0. The van der Waals surface area contributed by atoms with Crippen molar-refractivity contribution in [1.82, 2.24) is 24.7 Å². The lowest BCUT2D eigenvalue weighted by atomic mass is 10.0. The summed E-state index contributed by atoms with van der Waals surface area (Å²) in [5.41, 5.74) is 4.46. The van der Waals surface area contributed by atoms with E-state index in [9.17, 15) is 9.59 Å². The average Bonchev–Trinajstić information content (AvgIpc) is 3.43. The van der Waals surface area contributed by atoms with Crippen LogP contribution in [0, 0.1) is 0 Å². The molecule has 0 radical (unpaired) electrons. The van der Waals surface area contributed by atoms with Gasteiger partial charge in [0.2, 0.25) is 0 Å². The van der Waals surface area contributed by atoms with Crippen LogP contribution >= 0.6 is 0 Å². The quantitative estimate of drug-likeness (QED) is 0.297.